The number of carbonyl (C=O) groups is 2. The van der Waals surface area contributed by atoms with Crippen LogP contribution in [0, 0.1) is 13.8 Å². The molecule has 9 heteroatoms. The Morgan fingerprint density at radius 1 is 1.06 bits per heavy atom. The van der Waals surface area contributed by atoms with E-state index in [1.165, 1.54) is 6.08 Å². The number of aryl methyl sites for hydroxylation is 2. The van der Waals surface area contributed by atoms with Crippen molar-refractivity contribution in [3.63, 3.8) is 0 Å². The van der Waals surface area contributed by atoms with E-state index in [9.17, 15) is 9.59 Å². The number of rotatable bonds is 8. The molecule has 3 heterocycles. The van der Waals surface area contributed by atoms with Crippen LogP contribution in [0.3, 0.4) is 0 Å². The molecule has 0 atom stereocenters. The van der Waals surface area contributed by atoms with Gasteiger partial charge in [0, 0.05) is 43.1 Å². The summed E-state index contributed by atoms with van der Waals surface area (Å²) in [5.41, 5.74) is 3.75. The average Bonchev–Trinajstić information content (AvgIpc) is 3.20. The number of aromatic nitrogens is 3. The second-order valence-corrected chi connectivity index (χ2v) is 8.90. The van der Waals surface area contributed by atoms with E-state index in [1.54, 1.807) is 35.0 Å². The third kappa shape index (κ3) is 6.79. The van der Waals surface area contributed by atoms with Gasteiger partial charge in [-0.2, -0.15) is 5.10 Å². The van der Waals surface area contributed by atoms with Crippen LogP contribution in [0.25, 0.3) is 6.08 Å². The first-order valence-corrected chi connectivity index (χ1v) is 12.1. The number of pyridine rings is 1. The average molecular weight is 489 g/mol. The van der Waals surface area contributed by atoms with E-state index in [4.69, 9.17) is 4.74 Å². The Hall–Kier alpha value is -3.98. The maximum Gasteiger partial charge on any atom is 0.411 e. The number of ketones is 1. The molecule has 2 aromatic heterocycles. The van der Waals surface area contributed by atoms with Crippen LogP contribution in [-0.4, -0.2) is 71.4 Å². The molecule has 0 aliphatic carbocycles. The molecule has 1 amide bonds. The van der Waals surface area contributed by atoms with Crippen LogP contribution in [0.15, 0.2) is 54.6 Å². The number of likely N-dealkylation sites (N-methyl/N-ethyl adjacent to an activating group) is 1. The zero-order valence-corrected chi connectivity index (χ0v) is 21.0. The van der Waals surface area contributed by atoms with Gasteiger partial charge in [0.15, 0.2) is 5.78 Å². The molecule has 1 saturated heterocycles. The predicted molar refractivity (Wildman–Crippen MR) is 140 cm³/mol. The van der Waals surface area contributed by atoms with Crippen LogP contribution in [0.1, 0.15) is 27.4 Å². The van der Waals surface area contributed by atoms with Crippen molar-refractivity contribution in [2.75, 3.05) is 50.1 Å². The van der Waals surface area contributed by atoms with Gasteiger partial charge in [-0.15, -0.1) is 0 Å². The first-order valence-electron chi connectivity index (χ1n) is 12.1. The van der Waals surface area contributed by atoms with E-state index in [1.807, 2.05) is 38.1 Å². The number of amides is 1. The summed E-state index contributed by atoms with van der Waals surface area (Å²) in [5, 5.41) is 7.01. The smallest absolute Gasteiger partial charge is 0.411 e. The van der Waals surface area contributed by atoms with Crippen LogP contribution in [0.4, 0.5) is 16.3 Å². The molecule has 9 nitrogen and oxygen atoms in total. The Morgan fingerprint density at radius 3 is 2.50 bits per heavy atom. The lowest BCUT2D eigenvalue weighted by atomic mass is 10.1. The fourth-order valence-electron chi connectivity index (χ4n) is 4.00. The van der Waals surface area contributed by atoms with Crippen LogP contribution in [0.5, 0.6) is 0 Å². The molecule has 1 N–H and O–H groups in total. The van der Waals surface area contributed by atoms with E-state index in [0.29, 0.717) is 17.8 Å². The summed E-state index contributed by atoms with van der Waals surface area (Å²) in [6, 6.07) is 14.5. The Morgan fingerprint density at radius 2 is 1.81 bits per heavy atom. The van der Waals surface area contributed by atoms with E-state index >= 15 is 0 Å². The molecule has 1 aromatic carbocycles. The molecule has 36 heavy (non-hydrogen) atoms. The second-order valence-electron chi connectivity index (χ2n) is 8.90. The van der Waals surface area contributed by atoms with Crippen LogP contribution in [-0.2, 0) is 11.3 Å². The normalized spacial score (nSPS) is 14.2. The third-order valence-corrected chi connectivity index (χ3v) is 6.04. The summed E-state index contributed by atoms with van der Waals surface area (Å²) >= 11 is 0. The Balaban J connectivity index is 1.27. The van der Waals surface area contributed by atoms with E-state index < -0.39 is 6.09 Å². The number of piperazine rings is 1. The standard InChI is InChI=1S/C27H32N6O3/c1-20-19-21(2)33(30-20)17-18-36-27(35)29-24-9-7-22(8-10-24)25(34)12-11-23-5-4-6-26(28-23)32-15-13-31(3)14-16-32/h4-12,19H,13-18H2,1-3H3,(H,29,35). The van der Waals surface area contributed by atoms with Gasteiger partial charge in [0.25, 0.3) is 0 Å². The molecule has 1 fully saturated rings. The number of carbonyl (C=O) groups excluding carboxylic acids is 2. The summed E-state index contributed by atoms with van der Waals surface area (Å²) in [5.74, 6) is 0.788. The van der Waals surface area contributed by atoms with Crippen LogP contribution < -0.4 is 10.2 Å². The second kappa shape index (κ2) is 11.6. The monoisotopic (exact) mass is 488 g/mol. The summed E-state index contributed by atoms with van der Waals surface area (Å²) in [4.78, 5) is 33.9. The first kappa shape index (κ1) is 25.1. The van der Waals surface area contributed by atoms with Gasteiger partial charge in [0.1, 0.15) is 12.4 Å². The molecule has 0 saturated carbocycles. The van der Waals surface area contributed by atoms with E-state index in [0.717, 1.165) is 49.1 Å². The number of hydrogen-bond acceptors (Lipinski definition) is 7. The Bertz CT molecular complexity index is 1230. The van der Waals surface area contributed by atoms with Gasteiger partial charge in [-0.3, -0.25) is 14.8 Å². The first-order chi connectivity index (χ1) is 17.4. The van der Waals surface area contributed by atoms with E-state index in [2.05, 4.69) is 32.2 Å². The number of nitrogens with zero attached hydrogens (tertiary/aromatic N) is 5. The minimum Gasteiger partial charge on any atom is -0.447 e. The summed E-state index contributed by atoms with van der Waals surface area (Å²) in [6.45, 7) is 8.46. The lowest BCUT2D eigenvalue weighted by Crippen LogP contribution is -2.44. The predicted octanol–water partition coefficient (Wildman–Crippen LogP) is 3.79. The molecule has 4 rings (SSSR count). The van der Waals surface area contributed by atoms with Gasteiger partial charge in [-0.25, -0.2) is 9.78 Å². The Labute approximate surface area is 211 Å². The number of nitrogens with one attached hydrogen (secondary N) is 1. The van der Waals surface area contributed by atoms with Gasteiger partial charge in [-0.05, 0) is 75.5 Å². The molecule has 0 unspecified atom stereocenters. The summed E-state index contributed by atoms with van der Waals surface area (Å²) in [7, 11) is 2.12. The minimum atomic E-state index is -0.554. The molecule has 0 spiro atoms. The van der Waals surface area contributed by atoms with Gasteiger partial charge < -0.3 is 14.5 Å². The van der Waals surface area contributed by atoms with Gasteiger partial charge >= 0.3 is 6.09 Å². The van der Waals surface area contributed by atoms with Crippen molar-refractivity contribution in [3.05, 3.63) is 77.3 Å². The van der Waals surface area contributed by atoms with Crippen molar-refractivity contribution in [2.45, 2.75) is 20.4 Å². The fourth-order valence-corrected chi connectivity index (χ4v) is 4.00. The largest absolute Gasteiger partial charge is 0.447 e. The highest BCUT2D eigenvalue weighted by molar-refractivity contribution is 6.07. The van der Waals surface area contributed by atoms with Crippen molar-refractivity contribution in [3.8, 4) is 0 Å². The lowest BCUT2D eigenvalue weighted by molar-refractivity contribution is 0.104. The number of benzene rings is 1. The van der Waals surface area contributed by atoms with E-state index in [-0.39, 0.29) is 12.4 Å². The summed E-state index contributed by atoms with van der Waals surface area (Å²) in [6.07, 6.45) is 2.70. The van der Waals surface area contributed by atoms with Crippen LogP contribution >= 0.6 is 0 Å². The molecule has 3 aromatic rings. The van der Waals surface area contributed by atoms with Crippen molar-refractivity contribution < 1.29 is 14.3 Å². The summed E-state index contributed by atoms with van der Waals surface area (Å²) < 4.78 is 7.04. The molecular weight excluding hydrogens is 456 g/mol. The highest BCUT2D eigenvalue weighted by atomic mass is 16.5. The molecule has 1 aliphatic heterocycles. The van der Waals surface area contributed by atoms with Crippen molar-refractivity contribution in [1.29, 1.82) is 0 Å². The zero-order valence-electron chi connectivity index (χ0n) is 21.0. The van der Waals surface area contributed by atoms with Gasteiger partial charge in [0.05, 0.1) is 17.9 Å². The highest BCUT2D eigenvalue weighted by Gasteiger charge is 2.15. The van der Waals surface area contributed by atoms with Gasteiger partial charge in [-0.1, -0.05) is 6.07 Å². The number of anilines is 2. The maximum atomic E-state index is 12.6. The van der Waals surface area contributed by atoms with Crippen molar-refractivity contribution in [1.82, 2.24) is 19.7 Å². The molecule has 0 radical (unpaired) electrons. The third-order valence-electron chi connectivity index (χ3n) is 6.04. The molecule has 0 bridgehead atoms. The van der Waals surface area contributed by atoms with Crippen molar-refractivity contribution in [2.24, 2.45) is 0 Å². The zero-order chi connectivity index (χ0) is 25.5. The van der Waals surface area contributed by atoms with Crippen molar-refractivity contribution >= 4 is 29.5 Å². The number of ether oxygens (including phenoxy) is 1. The molecular formula is C27H32N6O3. The Kier molecular flexibility index (Phi) is 8.12. The van der Waals surface area contributed by atoms with Gasteiger partial charge in [0.2, 0.25) is 0 Å². The minimum absolute atomic E-state index is 0.138. The van der Waals surface area contributed by atoms with Crippen LogP contribution in [0.2, 0.25) is 0 Å². The highest BCUT2D eigenvalue weighted by Crippen LogP contribution is 2.16. The quantitative estimate of drug-likeness (QED) is 0.381. The maximum absolute atomic E-state index is 12.6. The molecule has 1 aliphatic rings. The fraction of sp³-hybridized carbons (Fsp3) is 0.333. The molecule has 188 valence electrons. The topological polar surface area (TPSA) is 92.6 Å². The number of allylic oxidation sites excluding steroid dienone is 1. The lowest BCUT2D eigenvalue weighted by Gasteiger charge is -2.33. The SMILES string of the molecule is Cc1cc(C)n(CCOC(=O)Nc2ccc(C(=O)C=Cc3cccc(N4CCN(C)CC4)n3)cc2)n1. The number of hydrogen-bond donors (Lipinski definition) is 1.